The van der Waals surface area contributed by atoms with Crippen LogP contribution in [0.15, 0.2) is 29.0 Å². The highest BCUT2D eigenvalue weighted by atomic mass is 35.5. The summed E-state index contributed by atoms with van der Waals surface area (Å²) in [6.45, 7) is 2.12. The van der Waals surface area contributed by atoms with Gasteiger partial charge in [-0.2, -0.15) is 0 Å². The predicted molar refractivity (Wildman–Crippen MR) is 63.9 cm³/mol. The second kappa shape index (κ2) is 3.95. The van der Waals surface area contributed by atoms with Gasteiger partial charge in [-0.25, -0.2) is 0 Å². The second-order valence-corrected chi connectivity index (χ2v) is 6.40. The molecule has 2 rings (SSSR count). The molecule has 0 N–H and O–H groups in total. The summed E-state index contributed by atoms with van der Waals surface area (Å²) in [4.78, 5) is 0. The van der Waals surface area contributed by atoms with Gasteiger partial charge in [0.2, 0.25) is 0 Å². The molecular formula is C10H9Cl2O2P. The highest BCUT2D eigenvalue weighted by Crippen LogP contribution is 2.63. The van der Waals surface area contributed by atoms with Crippen LogP contribution in [0.1, 0.15) is 12.5 Å². The van der Waals surface area contributed by atoms with Crippen molar-refractivity contribution in [2.45, 2.75) is 6.92 Å². The second-order valence-electron chi connectivity index (χ2n) is 3.09. The molecule has 0 saturated heterocycles. The number of rotatable bonds is 2. The van der Waals surface area contributed by atoms with E-state index in [-0.39, 0.29) is 4.77 Å². The summed E-state index contributed by atoms with van der Waals surface area (Å²) in [5, 5.41) is 0.936. The van der Waals surface area contributed by atoms with Crippen molar-refractivity contribution in [1.82, 2.24) is 0 Å². The van der Waals surface area contributed by atoms with Gasteiger partial charge in [-0.3, -0.25) is 4.57 Å². The zero-order chi connectivity index (χ0) is 11.1. The van der Waals surface area contributed by atoms with E-state index in [1.165, 1.54) is 0 Å². The van der Waals surface area contributed by atoms with Crippen molar-refractivity contribution in [3.8, 4) is 0 Å². The molecule has 2 nitrogen and oxygen atoms in total. The van der Waals surface area contributed by atoms with Crippen LogP contribution >= 0.6 is 30.6 Å². The van der Waals surface area contributed by atoms with E-state index in [0.717, 1.165) is 0 Å². The first kappa shape index (κ1) is 11.2. The molecule has 0 bridgehead atoms. The average Bonchev–Trinajstić information content (AvgIpc) is 2.43. The Kier molecular flexibility index (Phi) is 2.96. The summed E-state index contributed by atoms with van der Waals surface area (Å²) in [7, 11) is -3.09. The van der Waals surface area contributed by atoms with Crippen LogP contribution in [0.3, 0.4) is 0 Å². The van der Waals surface area contributed by atoms with Crippen LogP contribution in [0.5, 0.6) is 0 Å². The van der Waals surface area contributed by atoms with E-state index in [0.29, 0.717) is 22.5 Å². The van der Waals surface area contributed by atoms with Crippen molar-refractivity contribution in [3.63, 3.8) is 0 Å². The summed E-state index contributed by atoms with van der Waals surface area (Å²) >= 11 is 12.0. The Hall–Kier alpha value is -0.270. The van der Waals surface area contributed by atoms with Gasteiger partial charge in [0.1, 0.15) is 4.77 Å². The van der Waals surface area contributed by atoms with E-state index in [4.69, 9.17) is 27.7 Å². The molecule has 80 valence electrons. The van der Waals surface area contributed by atoms with Crippen molar-refractivity contribution in [1.29, 1.82) is 0 Å². The molecule has 0 aromatic heterocycles. The maximum absolute atomic E-state index is 12.5. The maximum Gasteiger partial charge on any atom is 0.274 e. The van der Waals surface area contributed by atoms with Crippen LogP contribution < -0.4 is 5.30 Å². The van der Waals surface area contributed by atoms with Crippen LogP contribution in [-0.4, -0.2) is 6.61 Å². The quantitative estimate of drug-likeness (QED) is 0.759. The third-order valence-electron chi connectivity index (χ3n) is 2.21. The van der Waals surface area contributed by atoms with Crippen molar-refractivity contribution in [3.05, 3.63) is 34.6 Å². The molecular weight excluding hydrogens is 254 g/mol. The van der Waals surface area contributed by atoms with Crippen LogP contribution in [0.25, 0.3) is 5.03 Å². The Morgan fingerprint density at radius 2 is 2.00 bits per heavy atom. The van der Waals surface area contributed by atoms with Gasteiger partial charge in [-0.15, -0.1) is 0 Å². The molecule has 0 spiro atoms. The SMILES string of the molecule is CCOP1(=O)C(Cl)=C(Cl)c2ccccc21. The lowest BCUT2D eigenvalue weighted by molar-refractivity contribution is 0.347. The van der Waals surface area contributed by atoms with Gasteiger partial charge in [0.25, 0.3) is 7.37 Å². The molecule has 1 unspecified atom stereocenters. The molecule has 1 aliphatic rings. The highest BCUT2D eigenvalue weighted by Gasteiger charge is 2.40. The first-order valence-electron chi connectivity index (χ1n) is 4.51. The molecule has 1 heterocycles. The Balaban J connectivity index is 2.66. The van der Waals surface area contributed by atoms with Gasteiger partial charge in [-0.1, -0.05) is 41.4 Å². The minimum atomic E-state index is -3.09. The van der Waals surface area contributed by atoms with Crippen LogP contribution in [0.4, 0.5) is 0 Å². The van der Waals surface area contributed by atoms with Gasteiger partial charge >= 0.3 is 0 Å². The highest BCUT2D eigenvalue weighted by molar-refractivity contribution is 7.74. The molecule has 1 aromatic carbocycles. The van der Waals surface area contributed by atoms with Gasteiger partial charge < -0.3 is 4.52 Å². The first-order valence-corrected chi connectivity index (χ1v) is 6.89. The summed E-state index contributed by atoms with van der Waals surface area (Å²) in [6.07, 6.45) is 0. The molecule has 1 aliphatic heterocycles. The molecule has 1 atom stereocenters. The smallest absolute Gasteiger partial charge is 0.274 e. The van der Waals surface area contributed by atoms with E-state index in [2.05, 4.69) is 0 Å². The molecule has 5 heteroatoms. The number of benzene rings is 1. The van der Waals surface area contributed by atoms with Crippen LogP contribution in [0, 0.1) is 0 Å². The van der Waals surface area contributed by atoms with Crippen molar-refractivity contribution < 1.29 is 9.09 Å². The zero-order valence-corrected chi connectivity index (χ0v) is 10.4. The standard InChI is InChI=1S/C10H9Cl2O2P/c1-2-14-15(13)8-6-4-3-5-7(8)9(11)10(15)12/h3-6H,2H2,1H3. The Morgan fingerprint density at radius 1 is 1.33 bits per heavy atom. The molecule has 0 radical (unpaired) electrons. The van der Waals surface area contributed by atoms with Gasteiger partial charge in [0.15, 0.2) is 0 Å². The minimum absolute atomic E-state index is 0.132. The van der Waals surface area contributed by atoms with Crippen LogP contribution in [0.2, 0.25) is 0 Å². The lowest BCUT2D eigenvalue weighted by atomic mass is 10.2. The van der Waals surface area contributed by atoms with Crippen molar-refractivity contribution in [2.24, 2.45) is 0 Å². The fourth-order valence-corrected chi connectivity index (χ4v) is 4.65. The average molecular weight is 263 g/mol. The van der Waals surface area contributed by atoms with Crippen molar-refractivity contribution >= 4 is 40.9 Å². The van der Waals surface area contributed by atoms with Gasteiger partial charge in [-0.05, 0) is 13.0 Å². The van der Waals surface area contributed by atoms with E-state index in [1.54, 1.807) is 25.1 Å². The lowest BCUT2D eigenvalue weighted by Gasteiger charge is -2.12. The largest absolute Gasteiger partial charge is 0.322 e. The van der Waals surface area contributed by atoms with E-state index in [9.17, 15) is 4.57 Å². The van der Waals surface area contributed by atoms with Crippen molar-refractivity contribution in [2.75, 3.05) is 6.61 Å². The fraction of sp³-hybridized carbons (Fsp3) is 0.200. The third-order valence-corrected chi connectivity index (χ3v) is 6.07. The molecule has 0 aliphatic carbocycles. The van der Waals surface area contributed by atoms with Crippen LogP contribution in [-0.2, 0) is 9.09 Å². The monoisotopic (exact) mass is 262 g/mol. The maximum atomic E-state index is 12.5. The summed E-state index contributed by atoms with van der Waals surface area (Å²) in [5.74, 6) is 0. The van der Waals surface area contributed by atoms with E-state index >= 15 is 0 Å². The number of hydrogen-bond acceptors (Lipinski definition) is 2. The van der Waals surface area contributed by atoms with E-state index < -0.39 is 7.37 Å². The number of hydrogen-bond donors (Lipinski definition) is 0. The fourth-order valence-electron chi connectivity index (χ4n) is 1.57. The minimum Gasteiger partial charge on any atom is -0.322 e. The molecule has 0 fully saturated rings. The predicted octanol–water partition coefficient (Wildman–Crippen LogP) is 3.74. The van der Waals surface area contributed by atoms with Gasteiger partial charge in [0, 0.05) is 5.56 Å². The first-order chi connectivity index (χ1) is 7.11. The lowest BCUT2D eigenvalue weighted by Crippen LogP contribution is -2.06. The summed E-state index contributed by atoms with van der Waals surface area (Å²) < 4.78 is 17.9. The van der Waals surface area contributed by atoms with E-state index in [1.807, 2.05) is 6.07 Å². The molecule has 0 amide bonds. The Labute approximate surface area is 98.3 Å². The number of fused-ring (bicyclic) bond motifs is 1. The molecule has 15 heavy (non-hydrogen) atoms. The third kappa shape index (κ3) is 1.57. The normalized spacial score (nSPS) is 24.5. The number of halogens is 2. The zero-order valence-electron chi connectivity index (χ0n) is 8.04. The van der Waals surface area contributed by atoms with Gasteiger partial charge in [0.05, 0.1) is 16.9 Å². The Bertz CT molecular complexity index is 482. The molecule has 1 aromatic rings. The summed E-state index contributed by atoms with van der Waals surface area (Å²) in [5.41, 5.74) is 0.709. The summed E-state index contributed by atoms with van der Waals surface area (Å²) in [6, 6.07) is 7.15. The topological polar surface area (TPSA) is 26.3 Å². The molecule has 0 saturated carbocycles. The Morgan fingerprint density at radius 3 is 2.67 bits per heavy atom.